The van der Waals surface area contributed by atoms with E-state index in [4.69, 9.17) is 9.47 Å². The first-order chi connectivity index (χ1) is 11.5. The molecule has 4 rings (SSSR count). The number of amides is 1. The zero-order valence-electron chi connectivity index (χ0n) is 14.6. The molecule has 1 aromatic carbocycles. The van der Waals surface area contributed by atoms with E-state index in [9.17, 15) is 4.79 Å². The SMILES string of the molecule is CC1(C)C[C@@]2(C[C@@H]2C(=O)NCC[C@H]2CCCO2)c2ccccc2O1. The summed E-state index contributed by atoms with van der Waals surface area (Å²) in [5.74, 6) is 1.22. The Kier molecular flexibility index (Phi) is 3.83. The highest BCUT2D eigenvalue weighted by Crippen LogP contribution is 2.63. The van der Waals surface area contributed by atoms with Crippen LogP contribution in [0.4, 0.5) is 0 Å². The molecule has 1 saturated heterocycles. The van der Waals surface area contributed by atoms with E-state index in [2.05, 4.69) is 25.2 Å². The van der Waals surface area contributed by atoms with Gasteiger partial charge in [0.25, 0.3) is 0 Å². The lowest BCUT2D eigenvalue weighted by Crippen LogP contribution is -2.40. The van der Waals surface area contributed by atoms with Gasteiger partial charge in [0.05, 0.1) is 6.10 Å². The second kappa shape index (κ2) is 5.76. The second-order valence-corrected chi connectivity index (χ2v) is 8.16. The highest BCUT2D eigenvalue weighted by molar-refractivity contribution is 5.85. The monoisotopic (exact) mass is 329 g/mol. The molecule has 1 spiro atoms. The molecule has 3 aliphatic rings. The fourth-order valence-corrected chi connectivity index (χ4v) is 4.65. The molecule has 4 nitrogen and oxygen atoms in total. The molecular weight excluding hydrogens is 302 g/mol. The summed E-state index contributed by atoms with van der Waals surface area (Å²) in [5.41, 5.74) is 0.955. The van der Waals surface area contributed by atoms with E-state index in [1.165, 1.54) is 5.56 Å². The van der Waals surface area contributed by atoms with Gasteiger partial charge < -0.3 is 14.8 Å². The number of rotatable bonds is 4. The van der Waals surface area contributed by atoms with Crippen LogP contribution < -0.4 is 10.1 Å². The number of hydrogen-bond acceptors (Lipinski definition) is 3. The predicted molar refractivity (Wildman–Crippen MR) is 92.2 cm³/mol. The summed E-state index contributed by atoms with van der Waals surface area (Å²) in [6.07, 6.45) is 5.37. The maximum absolute atomic E-state index is 12.7. The summed E-state index contributed by atoms with van der Waals surface area (Å²) < 4.78 is 11.7. The van der Waals surface area contributed by atoms with Crippen LogP contribution in [0.15, 0.2) is 24.3 Å². The van der Waals surface area contributed by atoms with Gasteiger partial charge in [0.1, 0.15) is 11.4 Å². The Labute approximate surface area is 143 Å². The zero-order valence-corrected chi connectivity index (χ0v) is 14.6. The second-order valence-electron chi connectivity index (χ2n) is 8.16. The van der Waals surface area contributed by atoms with E-state index >= 15 is 0 Å². The minimum absolute atomic E-state index is 0.0354. The molecule has 0 bridgehead atoms. The Morgan fingerprint density at radius 1 is 1.33 bits per heavy atom. The van der Waals surface area contributed by atoms with Crippen LogP contribution >= 0.6 is 0 Å². The Morgan fingerprint density at radius 2 is 2.17 bits per heavy atom. The first-order valence-corrected chi connectivity index (χ1v) is 9.18. The summed E-state index contributed by atoms with van der Waals surface area (Å²) in [5, 5.41) is 3.14. The predicted octanol–water partition coefficient (Wildman–Crippen LogP) is 3.19. The molecule has 1 aliphatic carbocycles. The molecule has 2 heterocycles. The number of carbonyl (C=O) groups is 1. The van der Waals surface area contributed by atoms with E-state index in [1.807, 2.05) is 18.2 Å². The number of hydrogen-bond donors (Lipinski definition) is 1. The Morgan fingerprint density at radius 3 is 2.96 bits per heavy atom. The quantitative estimate of drug-likeness (QED) is 0.923. The fraction of sp³-hybridized carbons (Fsp3) is 0.650. The third-order valence-electron chi connectivity index (χ3n) is 5.73. The zero-order chi connectivity index (χ0) is 16.8. The molecule has 0 radical (unpaired) electrons. The lowest BCUT2D eigenvalue weighted by molar-refractivity contribution is -0.123. The van der Waals surface area contributed by atoms with E-state index in [1.54, 1.807) is 0 Å². The van der Waals surface area contributed by atoms with Crippen molar-refractivity contribution in [3.63, 3.8) is 0 Å². The van der Waals surface area contributed by atoms with Crippen LogP contribution in [-0.2, 0) is 14.9 Å². The van der Waals surface area contributed by atoms with Crippen molar-refractivity contribution in [1.82, 2.24) is 5.32 Å². The molecular formula is C20H27NO3. The van der Waals surface area contributed by atoms with Crippen molar-refractivity contribution in [3.8, 4) is 5.75 Å². The van der Waals surface area contributed by atoms with E-state index < -0.39 is 0 Å². The van der Waals surface area contributed by atoms with Crippen molar-refractivity contribution in [2.24, 2.45) is 5.92 Å². The van der Waals surface area contributed by atoms with Gasteiger partial charge >= 0.3 is 0 Å². The van der Waals surface area contributed by atoms with Crippen molar-refractivity contribution in [1.29, 1.82) is 0 Å². The van der Waals surface area contributed by atoms with Gasteiger partial charge in [-0.15, -0.1) is 0 Å². The summed E-state index contributed by atoms with van der Waals surface area (Å²) in [7, 11) is 0. The number of ether oxygens (including phenoxy) is 2. The van der Waals surface area contributed by atoms with Gasteiger partial charge in [-0.2, -0.15) is 0 Å². The van der Waals surface area contributed by atoms with Crippen LogP contribution in [0.25, 0.3) is 0 Å². The number of carbonyl (C=O) groups excluding carboxylic acids is 1. The minimum Gasteiger partial charge on any atom is -0.488 e. The topological polar surface area (TPSA) is 47.6 Å². The Balaban J connectivity index is 1.42. The summed E-state index contributed by atoms with van der Waals surface area (Å²) in [4.78, 5) is 12.7. The van der Waals surface area contributed by atoms with E-state index in [0.29, 0.717) is 6.10 Å². The standard InChI is InChI=1S/C20H27NO3/c1-19(2)13-20(15-7-3-4-8-17(15)24-19)12-16(20)18(22)21-10-9-14-6-5-11-23-14/h3-4,7-8,14,16H,5-6,9-13H2,1-2H3,(H,21,22)/t14-,16-,20+/m1/s1. The van der Waals surface area contributed by atoms with Crippen molar-refractivity contribution in [3.05, 3.63) is 29.8 Å². The largest absolute Gasteiger partial charge is 0.488 e. The summed E-state index contributed by atoms with van der Waals surface area (Å²) in [6, 6.07) is 8.22. The summed E-state index contributed by atoms with van der Waals surface area (Å²) >= 11 is 0. The fourth-order valence-electron chi connectivity index (χ4n) is 4.65. The lowest BCUT2D eigenvalue weighted by atomic mass is 9.80. The molecule has 0 aromatic heterocycles. The first-order valence-electron chi connectivity index (χ1n) is 9.18. The van der Waals surface area contributed by atoms with Crippen molar-refractivity contribution < 1.29 is 14.3 Å². The van der Waals surface area contributed by atoms with Crippen LogP contribution in [0.1, 0.15) is 51.5 Å². The number of benzene rings is 1. The van der Waals surface area contributed by atoms with Crippen LogP contribution in [0.2, 0.25) is 0 Å². The van der Waals surface area contributed by atoms with Crippen molar-refractivity contribution >= 4 is 5.91 Å². The van der Waals surface area contributed by atoms with Crippen LogP contribution in [0.3, 0.4) is 0 Å². The Hall–Kier alpha value is -1.55. The van der Waals surface area contributed by atoms with Crippen molar-refractivity contribution in [2.45, 2.75) is 63.1 Å². The molecule has 4 heteroatoms. The molecule has 1 N–H and O–H groups in total. The average molecular weight is 329 g/mol. The van der Waals surface area contributed by atoms with Gasteiger partial charge in [0, 0.05) is 30.0 Å². The molecule has 2 fully saturated rings. The maximum atomic E-state index is 12.7. The highest BCUT2D eigenvalue weighted by atomic mass is 16.5. The Bertz CT molecular complexity index is 636. The molecule has 1 saturated carbocycles. The average Bonchev–Trinajstić information content (AvgIpc) is 2.99. The summed E-state index contributed by atoms with van der Waals surface area (Å²) in [6.45, 7) is 5.83. The van der Waals surface area contributed by atoms with E-state index in [0.717, 1.165) is 51.0 Å². The van der Waals surface area contributed by atoms with Gasteiger partial charge in [-0.25, -0.2) is 0 Å². The lowest BCUT2D eigenvalue weighted by Gasteiger charge is -2.38. The number of fused-ring (bicyclic) bond motifs is 2. The van der Waals surface area contributed by atoms with Gasteiger partial charge in [0.15, 0.2) is 0 Å². The first kappa shape index (κ1) is 15.9. The van der Waals surface area contributed by atoms with E-state index in [-0.39, 0.29) is 22.8 Å². The maximum Gasteiger partial charge on any atom is 0.224 e. The minimum atomic E-state index is -0.221. The van der Waals surface area contributed by atoms with Crippen molar-refractivity contribution in [2.75, 3.05) is 13.2 Å². The third-order valence-corrected chi connectivity index (χ3v) is 5.73. The molecule has 2 aliphatic heterocycles. The van der Waals surface area contributed by atoms with Gasteiger partial charge in [-0.05, 0) is 52.0 Å². The van der Waals surface area contributed by atoms with Gasteiger partial charge in [0.2, 0.25) is 5.91 Å². The normalized spacial score (nSPS) is 32.9. The number of nitrogens with one attached hydrogen (secondary N) is 1. The third kappa shape index (κ3) is 2.81. The van der Waals surface area contributed by atoms with Gasteiger partial charge in [-0.3, -0.25) is 4.79 Å². The molecule has 1 aromatic rings. The van der Waals surface area contributed by atoms with Gasteiger partial charge in [-0.1, -0.05) is 18.2 Å². The van der Waals surface area contributed by atoms with Crippen LogP contribution in [0.5, 0.6) is 5.75 Å². The molecule has 24 heavy (non-hydrogen) atoms. The number of para-hydroxylation sites is 1. The molecule has 0 unspecified atom stereocenters. The smallest absolute Gasteiger partial charge is 0.224 e. The van der Waals surface area contributed by atoms with Crippen LogP contribution in [-0.4, -0.2) is 30.8 Å². The van der Waals surface area contributed by atoms with Crippen LogP contribution in [0, 0.1) is 5.92 Å². The molecule has 1 amide bonds. The highest BCUT2D eigenvalue weighted by Gasteiger charge is 2.63. The molecule has 130 valence electrons. The molecule has 3 atom stereocenters.